The summed E-state index contributed by atoms with van der Waals surface area (Å²) in [5, 5.41) is 0. The lowest BCUT2D eigenvalue weighted by molar-refractivity contribution is -0.118. The molecule has 91 valence electrons. The van der Waals surface area contributed by atoms with Crippen molar-refractivity contribution in [3.05, 3.63) is 67.1 Å². The molecule has 0 saturated carbocycles. The molecule has 0 fully saturated rings. The van der Waals surface area contributed by atoms with Crippen LogP contribution in [0.25, 0.3) is 11.1 Å². The van der Waals surface area contributed by atoms with E-state index >= 15 is 0 Å². The number of carbonyl (C=O) groups excluding carboxylic acids is 1. The maximum absolute atomic E-state index is 11.0. The molecule has 1 radical (unpaired) electrons. The fourth-order valence-corrected chi connectivity index (χ4v) is 2.09. The van der Waals surface area contributed by atoms with Crippen LogP contribution < -0.4 is 5.73 Å². The smallest absolute Gasteiger partial charge is 0.218 e. The monoisotopic (exact) mass is 238 g/mol. The first-order valence-electron chi connectivity index (χ1n) is 5.94. The Morgan fingerprint density at radius 1 is 1.06 bits per heavy atom. The van der Waals surface area contributed by atoms with Gasteiger partial charge in [0.2, 0.25) is 5.91 Å². The van der Waals surface area contributed by atoms with Crippen LogP contribution in [0.2, 0.25) is 0 Å². The van der Waals surface area contributed by atoms with Crippen LogP contribution in [-0.4, -0.2) is 5.91 Å². The SMILES string of the molecule is [CH2]C(CC(N)=O)c1ccccc1-c1ccccc1. The zero-order valence-electron chi connectivity index (χ0n) is 10.2. The lowest BCUT2D eigenvalue weighted by Gasteiger charge is -2.15. The number of nitrogens with two attached hydrogens (primary N) is 1. The van der Waals surface area contributed by atoms with E-state index in [0.717, 1.165) is 16.7 Å². The summed E-state index contributed by atoms with van der Waals surface area (Å²) < 4.78 is 0. The minimum absolute atomic E-state index is 0.112. The van der Waals surface area contributed by atoms with Gasteiger partial charge in [-0.2, -0.15) is 0 Å². The Balaban J connectivity index is 2.40. The maximum atomic E-state index is 11.0. The van der Waals surface area contributed by atoms with Crippen molar-refractivity contribution in [1.82, 2.24) is 0 Å². The molecule has 2 N–H and O–H groups in total. The molecule has 2 heteroatoms. The van der Waals surface area contributed by atoms with Crippen molar-refractivity contribution in [2.45, 2.75) is 12.3 Å². The van der Waals surface area contributed by atoms with E-state index in [0.29, 0.717) is 0 Å². The largest absolute Gasteiger partial charge is 0.370 e. The van der Waals surface area contributed by atoms with E-state index in [-0.39, 0.29) is 18.2 Å². The summed E-state index contributed by atoms with van der Waals surface area (Å²) in [4.78, 5) is 11.0. The lowest BCUT2D eigenvalue weighted by atomic mass is 9.89. The molecular formula is C16H16NO. The second-order valence-corrected chi connectivity index (χ2v) is 4.32. The van der Waals surface area contributed by atoms with Gasteiger partial charge in [0.15, 0.2) is 0 Å². The molecule has 2 aromatic rings. The van der Waals surface area contributed by atoms with Crippen molar-refractivity contribution in [3.8, 4) is 11.1 Å². The zero-order valence-corrected chi connectivity index (χ0v) is 10.2. The minimum atomic E-state index is -0.321. The zero-order chi connectivity index (χ0) is 13.0. The number of hydrogen-bond donors (Lipinski definition) is 1. The van der Waals surface area contributed by atoms with Gasteiger partial charge in [-0.15, -0.1) is 0 Å². The number of carbonyl (C=O) groups is 1. The third-order valence-electron chi connectivity index (χ3n) is 2.93. The Bertz CT molecular complexity index is 534. The van der Waals surface area contributed by atoms with Gasteiger partial charge in [-0.3, -0.25) is 4.79 Å². The predicted octanol–water partition coefficient (Wildman–Crippen LogP) is 3.15. The molecule has 0 bridgehead atoms. The molecule has 0 aromatic heterocycles. The van der Waals surface area contributed by atoms with E-state index in [1.807, 2.05) is 42.5 Å². The molecule has 0 aliphatic heterocycles. The quantitative estimate of drug-likeness (QED) is 0.873. The van der Waals surface area contributed by atoms with E-state index < -0.39 is 0 Å². The van der Waals surface area contributed by atoms with Gasteiger partial charge >= 0.3 is 0 Å². The lowest BCUT2D eigenvalue weighted by Crippen LogP contribution is -2.14. The normalized spacial score (nSPS) is 12.1. The Labute approximate surface area is 107 Å². The summed E-state index contributed by atoms with van der Waals surface area (Å²) in [5.41, 5.74) is 8.54. The third kappa shape index (κ3) is 2.77. The van der Waals surface area contributed by atoms with E-state index in [1.165, 1.54) is 0 Å². The average molecular weight is 238 g/mol. The molecule has 0 saturated heterocycles. The van der Waals surface area contributed by atoms with Gasteiger partial charge in [0, 0.05) is 6.42 Å². The number of benzene rings is 2. The standard InChI is InChI=1S/C16H16NO/c1-12(11-16(17)18)14-9-5-6-10-15(14)13-7-3-2-4-8-13/h2-10,12H,1,11H2,(H2,17,18). The molecule has 2 rings (SSSR count). The van der Waals surface area contributed by atoms with Crippen molar-refractivity contribution >= 4 is 5.91 Å². The van der Waals surface area contributed by atoms with Crippen LogP contribution in [0, 0.1) is 6.92 Å². The van der Waals surface area contributed by atoms with E-state index in [9.17, 15) is 4.79 Å². The average Bonchev–Trinajstić information content (AvgIpc) is 2.39. The van der Waals surface area contributed by atoms with Gasteiger partial charge in [-0.25, -0.2) is 0 Å². The van der Waals surface area contributed by atoms with Crippen LogP contribution in [0.3, 0.4) is 0 Å². The summed E-state index contributed by atoms with van der Waals surface area (Å²) in [6.07, 6.45) is 0.268. The molecule has 2 nitrogen and oxygen atoms in total. The first kappa shape index (κ1) is 12.4. The first-order chi connectivity index (χ1) is 8.68. The Morgan fingerprint density at radius 3 is 2.33 bits per heavy atom. The highest BCUT2D eigenvalue weighted by Crippen LogP contribution is 2.30. The Kier molecular flexibility index (Phi) is 3.78. The summed E-state index contributed by atoms with van der Waals surface area (Å²) in [5.74, 6) is -0.434. The number of hydrogen-bond acceptors (Lipinski definition) is 1. The molecule has 0 heterocycles. The van der Waals surface area contributed by atoms with E-state index in [2.05, 4.69) is 19.1 Å². The van der Waals surface area contributed by atoms with Crippen LogP contribution >= 0.6 is 0 Å². The molecule has 18 heavy (non-hydrogen) atoms. The van der Waals surface area contributed by atoms with E-state index in [1.54, 1.807) is 0 Å². The van der Waals surface area contributed by atoms with Crippen LogP contribution in [0.15, 0.2) is 54.6 Å². The van der Waals surface area contributed by atoms with Gasteiger partial charge in [-0.05, 0) is 29.5 Å². The highest BCUT2D eigenvalue weighted by atomic mass is 16.1. The number of rotatable bonds is 4. The molecule has 2 aromatic carbocycles. The maximum Gasteiger partial charge on any atom is 0.218 e. The van der Waals surface area contributed by atoms with Gasteiger partial charge < -0.3 is 5.73 Å². The van der Waals surface area contributed by atoms with Gasteiger partial charge in [-0.1, -0.05) is 54.6 Å². The van der Waals surface area contributed by atoms with Crippen LogP contribution in [0.5, 0.6) is 0 Å². The summed E-state index contributed by atoms with van der Waals surface area (Å²) in [7, 11) is 0. The molecule has 0 spiro atoms. The minimum Gasteiger partial charge on any atom is -0.370 e. The van der Waals surface area contributed by atoms with Crippen molar-refractivity contribution in [2.75, 3.05) is 0 Å². The van der Waals surface area contributed by atoms with Gasteiger partial charge in [0.1, 0.15) is 0 Å². The summed E-state index contributed by atoms with van der Waals surface area (Å²) in [6, 6.07) is 18.1. The number of amides is 1. The molecule has 0 aliphatic rings. The van der Waals surface area contributed by atoms with Crippen LogP contribution in [-0.2, 0) is 4.79 Å². The van der Waals surface area contributed by atoms with Crippen molar-refractivity contribution in [2.24, 2.45) is 5.73 Å². The predicted molar refractivity (Wildman–Crippen MR) is 73.8 cm³/mol. The molecular weight excluding hydrogens is 222 g/mol. The fourth-order valence-electron chi connectivity index (χ4n) is 2.09. The third-order valence-corrected chi connectivity index (χ3v) is 2.93. The van der Waals surface area contributed by atoms with E-state index in [4.69, 9.17) is 5.73 Å². The van der Waals surface area contributed by atoms with Crippen molar-refractivity contribution < 1.29 is 4.79 Å². The molecule has 0 aliphatic carbocycles. The molecule has 1 atom stereocenters. The van der Waals surface area contributed by atoms with Crippen molar-refractivity contribution in [3.63, 3.8) is 0 Å². The second-order valence-electron chi connectivity index (χ2n) is 4.32. The van der Waals surface area contributed by atoms with Crippen LogP contribution in [0.4, 0.5) is 0 Å². The molecule has 1 unspecified atom stereocenters. The first-order valence-corrected chi connectivity index (χ1v) is 5.94. The summed E-state index contributed by atoms with van der Waals surface area (Å²) in [6.45, 7) is 4.03. The van der Waals surface area contributed by atoms with Gasteiger partial charge in [0.25, 0.3) is 0 Å². The molecule has 1 amide bonds. The fraction of sp³-hybridized carbons (Fsp3) is 0.125. The Morgan fingerprint density at radius 2 is 1.67 bits per heavy atom. The van der Waals surface area contributed by atoms with Crippen LogP contribution in [0.1, 0.15) is 17.9 Å². The highest BCUT2D eigenvalue weighted by Gasteiger charge is 2.13. The van der Waals surface area contributed by atoms with Crippen molar-refractivity contribution in [1.29, 1.82) is 0 Å². The number of primary amides is 1. The topological polar surface area (TPSA) is 43.1 Å². The van der Waals surface area contributed by atoms with Gasteiger partial charge in [0.05, 0.1) is 0 Å². The Hall–Kier alpha value is -2.09. The second kappa shape index (κ2) is 5.50. The summed E-state index contributed by atoms with van der Waals surface area (Å²) >= 11 is 0. The highest BCUT2D eigenvalue weighted by molar-refractivity contribution is 5.76.